The van der Waals surface area contributed by atoms with Crippen LogP contribution in [-0.2, 0) is 4.79 Å². The maximum atomic E-state index is 13.4. The predicted molar refractivity (Wildman–Crippen MR) is 118 cm³/mol. The first-order valence-corrected chi connectivity index (χ1v) is 11.7. The summed E-state index contributed by atoms with van der Waals surface area (Å²) in [5.41, 5.74) is 1.28. The lowest BCUT2D eigenvalue weighted by Crippen LogP contribution is -2.50. The molecular weight excluding hydrogens is 423 g/mol. The van der Waals surface area contributed by atoms with E-state index in [9.17, 15) is 14.0 Å². The Hall–Kier alpha value is -2.05. The molecule has 2 unspecified atom stereocenters. The number of amides is 2. The Morgan fingerprint density at radius 2 is 1.67 bits per heavy atom. The van der Waals surface area contributed by atoms with Crippen LogP contribution in [0.25, 0.3) is 0 Å². The zero-order valence-corrected chi connectivity index (χ0v) is 18.1. The highest BCUT2D eigenvalue weighted by Crippen LogP contribution is 2.42. The molecule has 7 heteroatoms. The second-order valence-corrected chi connectivity index (χ2v) is 9.37. The van der Waals surface area contributed by atoms with Gasteiger partial charge < -0.3 is 10.2 Å². The smallest absolute Gasteiger partial charge is 0.255 e. The first-order chi connectivity index (χ1) is 14.5. The van der Waals surface area contributed by atoms with Crippen molar-refractivity contribution < 1.29 is 14.0 Å². The molecule has 4 rings (SSSR count). The quantitative estimate of drug-likeness (QED) is 0.703. The van der Waals surface area contributed by atoms with Gasteiger partial charge in [0, 0.05) is 22.4 Å². The molecule has 1 saturated carbocycles. The molecule has 0 aromatic heterocycles. The van der Waals surface area contributed by atoms with Gasteiger partial charge in [0.25, 0.3) is 5.91 Å². The van der Waals surface area contributed by atoms with Gasteiger partial charge in [-0.25, -0.2) is 4.39 Å². The molecule has 2 fully saturated rings. The number of nitrogens with one attached hydrogen (secondary N) is 1. The molecule has 0 spiro atoms. The van der Waals surface area contributed by atoms with Gasteiger partial charge in [0.05, 0.1) is 0 Å². The molecule has 2 aromatic rings. The fourth-order valence-corrected chi connectivity index (χ4v) is 5.68. The van der Waals surface area contributed by atoms with E-state index < -0.39 is 6.04 Å². The molecule has 1 N–H and O–H groups in total. The van der Waals surface area contributed by atoms with Gasteiger partial charge in [0.15, 0.2) is 0 Å². The van der Waals surface area contributed by atoms with Crippen molar-refractivity contribution in [1.82, 2.24) is 10.2 Å². The third-order valence-electron chi connectivity index (χ3n) is 5.74. The van der Waals surface area contributed by atoms with Crippen molar-refractivity contribution in [2.75, 3.05) is 5.75 Å². The van der Waals surface area contributed by atoms with Crippen molar-refractivity contribution in [2.24, 2.45) is 0 Å². The normalized spacial score (nSPS) is 22.1. The van der Waals surface area contributed by atoms with Gasteiger partial charge in [-0.1, -0.05) is 43.0 Å². The van der Waals surface area contributed by atoms with Crippen LogP contribution in [-0.4, -0.2) is 34.6 Å². The summed E-state index contributed by atoms with van der Waals surface area (Å²) in [5, 5.41) is 3.35. The summed E-state index contributed by atoms with van der Waals surface area (Å²) in [7, 11) is 0. The van der Waals surface area contributed by atoms with Gasteiger partial charge in [-0.05, 0) is 54.8 Å². The van der Waals surface area contributed by atoms with Crippen molar-refractivity contribution in [3.63, 3.8) is 0 Å². The van der Waals surface area contributed by atoms with Crippen LogP contribution in [0, 0.1) is 5.82 Å². The van der Waals surface area contributed by atoms with Crippen molar-refractivity contribution in [1.29, 1.82) is 0 Å². The lowest BCUT2D eigenvalue weighted by Gasteiger charge is -2.31. The highest BCUT2D eigenvalue weighted by molar-refractivity contribution is 7.99. The van der Waals surface area contributed by atoms with Crippen LogP contribution in [0.3, 0.4) is 0 Å². The van der Waals surface area contributed by atoms with Crippen LogP contribution in [0.2, 0.25) is 5.02 Å². The van der Waals surface area contributed by atoms with Crippen LogP contribution in [0.15, 0.2) is 48.5 Å². The average Bonchev–Trinajstić information content (AvgIpc) is 3.20. The van der Waals surface area contributed by atoms with E-state index in [1.807, 2.05) is 0 Å². The van der Waals surface area contributed by atoms with Crippen LogP contribution >= 0.6 is 23.4 Å². The van der Waals surface area contributed by atoms with Gasteiger partial charge in [-0.3, -0.25) is 9.59 Å². The van der Waals surface area contributed by atoms with Gasteiger partial charge >= 0.3 is 0 Å². The van der Waals surface area contributed by atoms with Gasteiger partial charge in [0.2, 0.25) is 5.91 Å². The molecule has 1 aliphatic carbocycles. The molecule has 0 radical (unpaired) electrons. The first kappa shape index (κ1) is 21.2. The molecule has 2 amide bonds. The molecule has 2 aliphatic rings. The minimum atomic E-state index is -0.574. The Morgan fingerprint density at radius 3 is 2.33 bits per heavy atom. The van der Waals surface area contributed by atoms with Crippen molar-refractivity contribution >= 4 is 35.2 Å². The lowest BCUT2D eigenvalue weighted by atomic mass is 9.95. The van der Waals surface area contributed by atoms with E-state index in [0.29, 0.717) is 16.3 Å². The average molecular weight is 447 g/mol. The Kier molecular flexibility index (Phi) is 6.64. The third-order valence-corrected chi connectivity index (χ3v) is 7.31. The first-order valence-electron chi connectivity index (χ1n) is 10.3. The molecule has 1 heterocycles. The molecule has 4 nitrogen and oxygen atoms in total. The Labute approximate surface area is 185 Å². The van der Waals surface area contributed by atoms with Crippen LogP contribution in [0.4, 0.5) is 4.39 Å². The molecule has 1 saturated heterocycles. The topological polar surface area (TPSA) is 49.4 Å². The summed E-state index contributed by atoms with van der Waals surface area (Å²) >= 11 is 7.50. The number of halogens is 2. The minimum Gasteiger partial charge on any atom is -0.352 e. The Bertz CT molecular complexity index is 900. The van der Waals surface area contributed by atoms with Gasteiger partial charge in [-0.15, -0.1) is 11.8 Å². The van der Waals surface area contributed by atoms with Gasteiger partial charge in [0.1, 0.15) is 17.2 Å². The van der Waals surface area contributed by atoms with Crippen LogP contribution in [0.5, 0.6) is 0 Å². The molecule has 2 aromatic carbocycles. The lowest BCUT2D eigenvalue weighted by molar-refractivity contribution is -0.125. The monoisotopic (exact) mass is 446 g/mol. The van der Waals surface area contributed by atoms with Gasteiger partial charge in [-0.2, -0.15) is 0 Å². The second-order valence-electron chi connectivity index (χ2n) is 7.82. The van der Waals surface area contributed by atoms with E-state index in [1.165, 1.54) is 30.3 Å². The number of hydrogen-bond donors (Lipinski definition) is 1. The molecule has 158 valence electrons. The summed E-state index contributed by atoms with van der Waals surface area (Å²) in [6.45, 7) is 0. The number of nitrogens with zero attached hydrogens (tertiary/aromatic N) is 1. The van der Waals surface area contributed by atoms with Crippen LogP contribution < -0.4 is 5.32 Å². The number of benzene rings is 2. The maximum Gasteiger partial charge on any atom is 0.255 e. The largest absolute Gasteiger partial charge is 0.352 e. The number of carbonyl (C=O) groups is 2. The highest BCUT2D eigenvalue weighted by Gasteiger charge is 2.43. The number of carbonyl (C=O) groups excluding carboxylic acids is 2. The van der Waals surface area contributed by atoms with Crippen molar-refractivity contribution in [3.05, 3.63) is 70.5 Å². The Morgan fingerprint density at radius 1 is 1.00 bits per heavy atom. The van der Waals surface area contributed by atoms with Crippen LogP contribution in [0.1, 0.15) is 53.4 Å². The molecule has 0 bridgehead atoms. The zero-order valence-electron chi connectivity index (χ0n) is 16.5. The van der Waals surface area contributed by atoms with Crippen molar-refractivity contribution in [3.8, 4) is 0 Å². The number of rotatable bonds is 4. The summed E-state index contributed by atoms with van der Waals surface area (Å²) in [6, 6.07) is 12.4. The van der Waals surface area contributed by atoms with Crippen molar-refractivity contribution in [2.45, 2.75) is 49.6 Å². The number of thioether (sulfide) groups is 1. The molecule has 2 atom stereocenters. The molecule has 30 heavy (non-hydrogen) atoms. The van der Waals surface area contributed by atoms with E-state index in [0.717, 1.165) is 31.2 Å². The standard InChI is InChI=1S/C23H24ClFN2O2S/c24-17-10-6-15(7-11-17)22(29)27-20(21(28)26-19-4-2-1-3-5-19)14-30-23(27)16-8-12-18(25)13-9-16/h6-13,19-20,23H,1-5,14H2,(H,26,28). The summed E-state index contributed by atoms with van der Waals surface area (Å²) < 4.78 is 13.4. The Balaban J connectivity index is 1.61. The predicted octanol–water partition coefficient (Wildman–Crippen LogP) is 5.18. The molecular formula is C23H24ClFN2O2S. The van der Waals surface area contributed by atoms with E-state index in [4.69, 9.17) is 11.6 Å². The van der Waals surface area contributed by atoms with E-state index in [-0.39, 0.29) is 29.0 Å². The maximum absolute atomic E-state index is 13.4. The highest BCUT2D eigenvalue weighted by atomic mass is 35.5. The fraction of sp³-hybridized carbons (Fsp3) is 0.391. The van der Waals surface area contributed by atoms with E-state index in [2.05, 4.69) is 5.32 Å². The third kappa shape index (κ3) is 4.65. The van der Waals surface area contributed by atoms with E-state index >= 15 is 0 Å². The summed E-state index contributed by atoms with van der Waals surface area (Å²) in [6.07, 6.45) is 5.42. The second kappa shape index (κ2) is 9.40. The zero-order chi connectivity index (χ0) is 21.1. The SMILES string of the molecule is O=C(NC1CCCCC1)C1CSC(c2ccc(F)cc2)N1C(=O)c1ccc(Cl)cc1. The fourth-order valence-electron chi connectivity index (χ4n) is 4.13. The summed E-state index contributed by atoms with van der Waals surface area (Å²) in [5.74, 6) is -0.167. The summed E-state index contributed by atoms with van der Waals surface area (Å²) in [4.78, 5) is 28.2. The number of hydrogen-bond acceptors (Lipinski definition) is 3. The minimum absolute atomic E-state index is 0.110. The van der Waals surface area contributed by atoms with E-state index in [1.54, 1.807) is 41.3 Å². The molecule has 1 aliphatic heterocycles.